The number of fused-ring (bicyclic) bond motifs is 1. The maximum atomic E-state index is 14.2. The molecular weight excluding hydrogens is 411 g/mol. The van der Waals surface area contributed by atoms with Gasteiger partial charge in [0, 0.05) is 54.2 Å². The van der Waals surface area contributed by atoms with Gasteiger partial charge in [-0.25, -0.2) is 4.39 Å². The van der Waals surface area contributed by atoms with Crippen molar-refractivity contribution in [3.8, 4) is 17.0 Å². The van der Waals surface area contributed by atoms with E-state index in [0.29, 0.717) is 60.3 Å². The van der Waals surface area contributed by atoms with E-state index in [0.717, 1.165) is 30.0 Å². The van der Waals surface area contributed by atoms with E-state index >= 15 is 0 Å². The zero-order valence-electron chi connectivity index (χ0n) is 17.8. The minimum Gasteiger partial charge on any atom is -0.491 e. The standard InChI is InChI=1S/C24H25FN4O3/c1-14-17(25)3-2-4-18(14)28-23-21-19(6-9-27-24(21)30)29-22(23)16-5-8-26-11-20(16)32-13-15-7-10-31-12-15/h2-5,8,11,15,28-29H,6-7,9-10,12-13H2,1H3,(H,27,30). The SMILES string of the molecule is Cc1c(F)cccc1Nc1c(-c2ccncc2OCC2CCOC2)[nH]c2c1C(=O)NCC2. The lowest BCUT2D eigenvalue weighted by Crippen LogP contribution is -2.31. The van der Waals surface area contributed by atoms with E-state index < -0.39 is 0 Å². The molecule has 1 unspecified atom stereocenters. The highest BCUT2D eigenvalue weighted by Crippen LogP contribution is 2.40. The zero-order chi connectivity index (χ0) is 22.1. The number of anilines is 2. The topological polar surface area (TPSA) is 88.3 Å². The number of aromatic nitrogens is 2. The number of amides is 1. The van der Waals surface area contributed by atoms with Crippen LogP contribution in [0, 0.1) is 18.7 Å². The predicted octanol–water partition coefficient (Wildman–Crippen LogP) is 3.97. The van der Waals surface area contributed by atoms with Crippen molar-refractivity contribution in [1.82, 2.24) is 15.3 Å². The van der Waals surface area contributed by atoms with Crippen LogP contribution < -0.4 is 15.4 Å². The van der Waals surface area contributed by atoms with Crippen LogP contribution in [0.2, 0.25) is 0 Å². The molecule has 2 aliphatic heterocycles. The number of aromatic amines is 1. The molecule has 0 radical (unpaired) electrons. The van der Waals surface area contributed by atoms with E-state index in [1.165, 1.54) is 6.07 Å². The lowest BCUT2D eigenvalue weighted by atomic mass is 10.0. The number of carbonyl (C=O) groups excluding carboxylic acids is 1. The molecule has 1 fully saturated rings. The Hall–Kier alpha value is -3.39. The molecule has 0 aliphatic carbocycles. The summed E-state index contributed by atoms with van der Waals surface area (Å²) in [6, 6.07) is 6.72. The van der Waals surface area contributed by atoms with Crippen LogP contribution in [0.25, 0.3) is 11.3 Å². The lowest BCUT2D eigenvalue weighted by Gasteiger charge is -2.17. The van der Waals surface area contributed by atoms with Crippen LogP contribution in [-0.4, -0.2) is 42.2 Å². The van der Waals surface area contributed by atoms with Crippen molar-refractivity contribution in [2.24, 2.45) is 5.92 Å². The normalized spacial score (nSPS) is 17.7. The van der Waals surface area contributed by atoms with Crippen molar-refractivity contribution in [1.29, 1.82) is 0 Å². The smallest absolute Gasteiger partial charge is 0.255 e. The number of rotatable bonds is 6. The summed E-state index contributed by atoms with van der Waals surface area (Å²) in [5.74, 6) is 0.498. The number of H-pyrrole nitrogens is 1. The fourth-order valence-corrected chi connectivity index (χ4v) is 4.21. The first kappa shape index (κ1) is 20.5. The quantitative estimate of drug-likeness (QED) is 0.544. The minimum atomic E-state index is -0.308. The van der Waals surface area contributed by atoms with Crippen LogP contribution in [-0.2, 0) is 11.2 Å². The van der Waals surface area contributed by atoms with Crippen molar-refractivity contribution in [2.75, 3.05) is 31.7 Å². The Morgan fingerprint density at radius 3 is 3.09 bits per heavy atom. The van der Waals surface area contributed by atoms with E-state index in [9.17, 15) is 9.18 Å². The van der Waals surface area contributed by atoms with Crippen molar-refractivity contribution < 1.29 is 18.7 Å². The molecule has 5 rings (SSSR count). The van der Waals surface area contributed by atoms with Crippen LogP contribution in [0.15, 0.2) is 36.7 Å². The predicted molar refractivity (Wildman–Crippen MR) is 119 cm³/mol. The highest BCUT2D eigenvalue weighted by molar-refractivity contribution is 6.06. The fraction of sp³-hybridized carbons (Fsp3) is 0.333. The van der Waals surface area contributed by atoms with Gasteiger partial charge in [-0.05, 0) is 31.5 Å². The number of nitrogens with one attached hydrogen (secondary N) is 3. The minimum absolute atomic E-state index is 0.162. The summed E-state index contributed by atoms with van der Waals surface area (Å²) in [6.45, 7) is 4.25. The second-order valence-corrected chi connectivity index (χ2v) is 8.18. The third kappa shape index (κ3) is 3.82. The van der Waals surface area contributed by atoms with Gasteiger partial charge in [0.25, 0.3) is 5.91 Å². The summed E-state index contributed by atoms with van der Waals surface area (Å²) in [6.07, 6.45) is 5.02. The first-order chi connectivity index (χ1) is 15.6. The summed E-state index contributed by atoms with van der Waals surface area (Å²) < 4.78 is 25.8. The van der Waals surface area contributed by atoms with Gasteiger partial charge in [0.15, 0.2) is 0 Å². The van der Waals surface area contributed by atoms with Crippen LogP contribution in [0.3, 0.4) is 0 Å². The maximum absolute atomic E-state index is 14.2. The number of ether oxygens (including phenoxy) is 2. The van der Waals surface area contributed by atoms with E-state index in [4.69, 9.17) is 9.47 Å². The molecule has 2 aliphatic rings. The van der Waals surface area contributed by atoms with Crippen molar-refractivity contribution in [3.63, 3.8) is 0 Å². The van der Waals surface area contributed by atoms with Gasteiger partial charge < -0.3 is 25.1 Å². The number of benzene rings is 1. The van der Waals surface area contributed by atoms with Gasteiger partial charge in [0.2, 0.25) is 0 Å². The molecule has 1 saturated heterocycles. The molecule has 1 amide bonds. The van der Waals surface area contributed by atoms with Gasteiger partial charge in [-0.15, -0.1) is 0 Å². The summed E-state index contributed by atoms with van der Waals surface area (Å²) in [4.78, 5) is 20.4. The molecule has 0 bridgehead atoms. The molecule has 3 N–H and O–H groups in total. The van der Waals surface area contributed by atoms with Gasteiger partial charge >= 0.3 is 0 Å². The molecule has 7 nitrogen and oxygen atoms in total. The van der Waals surface area contributed by atoms with E-state index in [1.54, 1.807) is 31.5 Å². The third-order valence-electron chi connectivity index (χ3n) is 6.05. The number of hydrogen-bond donors (Lipinski definition) is 3. The average molecular weight is 436 g/mol. The lowest BCUT2D eigenvalue weighted by molar-refractivity contribution is 0.0947. The Kier molecular flexibility index (Phi) is 5.53. The Bertz CT molecular complexity index is 1150. The monoisotopic (exact) mass is 436 g/mol. The number of hydrogen-bond acceptors (Lipinski definition) is 5. The molecule has 8 heteroatoms. The molecular formula is C24H25FN4O3. The second-order valence-electron chi connectivity index (χ2n) is 8.18. The second kappa shape index (κ2) is 8.63. The molecule has 32 heavy (non-hydrogen) atoms. The summed E-state index contributed by atoms with van der Waals surface area (Å²) in [7, 11) is 0. The van der Waals surface area contributed by atoms with Crippen LogP contribution in [0.5, 0.6) is 5.75 Å². The average Bonchev–Trinajstić information content (AvgIpc) is 3.44. The number of carbonyl (C=O) groups is 1. The summed E-state index contributed by atoms with van der Waals surface area (Å²) in [5.41, 5.74) is 4.58. The van der Waals surface area contributed by atoms with Crippen LogP contribution in [0.1, 0.15) is 28.0 Å². The number of pyridine rings is 1. The molecule has 1 atom stereocenters. The number of halogens is 1. The first-order valence-corrected chi connectivity index (χ1v) is 10.8. The van der Waals surface area contributed by atoms with E-state index in [1.807, 2.05) is 6.07 Å². The van der Waals surface area contributed by atoms with Gasteiger partial charge in [0.05, 0.1) is 36.4 Å². The molecule has 1 aromatic carbocycles. The van der Waals surface area contributed by atoms with Crippen molar-refractivity contribution in [3.05, 3.63) is 59.3 Å². The zero-order valence-corrected chi connectivity index (χ0v) is 17.8. The molecule has 166 valence electrons. The van der Waals surface area contributed by atoms with Crippen molar-refractivity contribution in [2.45, 2.75) is 19.8 Å². The van der Waals surface area contributed by atoms with Crippen LogP contribution >= 0.6 is 0 Å². The molecule has 0 saturated carbocycles. The molecule has 4 heterocycles. The Balaban J connectivity index is 1.57. The summed E-state index contributed by atoms with van der Waals surface area (Å²) in [5, 5.41) is 6.22. The first-order valence-electron chi connectivity index (χ1n) is 10.8. The molecule has 0 spiro atoms. The van der Waals surface area contributed by atoms with Gasteiger partial charge in [-0.3, -0.25) is 9.78 Å². The largest absolute Gasteiger partial charge is 0.491 e. The Labute approximate surface area is 185 Å². The molecule has 3 aromatic rings. The Morgan fingerprint density at radius 2 is 2.25 bits per heavy atom. The van der Waals surface area contributed by atoms with E-state index in [-0.39, 0.29) is 11.7 Å². The maximum Gasteiger partial charge on any atom is 0.255 e. The van der Waals surface area contributed by atoms with Gasteiger partial charge in [0.1, 0.15) is 11.6 Å². The third-order valence-corrected chi connectivity index (χ3v) is 6.05. The van der Waals surface area contributed by atoms with Gasteiger partial charge in [-0.2, -0.15) is 0 Å². The number of nitrogens with zero attached hydrogens (tertiary/aromatic N) is 1. The summed E-state index contributed by atoms with van der Waals surface area (Å²) >= 11 is 0. The van der Waals surface area contributed by atoms with Crippen LogP contribution in [0.4, 0.5) is 15.8 Å². The highest BCUT2D eigenvalue weighted by Gasteiger charge is 2.28. The van der Waals surface area contributed by atoms with E-state index in [2.05, 4.69) is 20.6 Å². The molecule has 2 aromatic heterocycles. The fourth-order valence-electron chi connectivity index (χ4n) is 4.21. The van der Waals surface area contributed by atoms with Crippen molar-refractivity contribution >= 4 is 17.3 Å². The van der Waals surface area contributed by atoms with Gasteiger partial charge in [-0.1, -0.05) is 6.07 Å². The highest BCUT2D eigenvalue weighted by atomic mass is 19.1. The Morgan fingerprint density at radius 1 is 1.34 bits per heavy atom.